The van der Waals surface area contributed by atoms with Crippen molar-refractivity contribution in [1.29, 1.82) is 0 Å². The van der Waals surface area contributed by atoms with Gasteiger partial charge >= 0.3 is 0 Å². The zero-order valence-corrected chi connectivity index (χ0v) is 12.3. The molecule has 6 heteroatoms. The molecule has 2 rings (SSSR count). The summed E-state index contributed by atoms with van der Waals surface area (Å²) in [6.07, 6.45) is 0. The van der Waals surface area contributed by atoms with Crippen molar-refractivity contribution < 1.29 is 8.42 Å². The van der Waals surface area contributed by atoms with Gasteiger partial charge in [-0.05, 0) is 11.6 Å². The van der Waals surface area contributed by atoms with Crippen LogP contribution >= 0.6 is 11.3 Å². The number of thiazole rings is 1. The molecule has 2 aromatic rings. The Balaban J connectivity index is 2.29. The molecule has 0 bridgehead atoms. The van der Waals surface area contributed by atoms with Crippen molar-refractivity contribution in [2.75, 3.05) is 5.75 Å². The van der Waals surface area contributed by atoms with Crippen LogP contribution < -0.4 is 5.73 Å². The molecule has 0 atom stereocenters. The van der Waals surface area contributed by atoms with Crippen molar-refractivity contribution >= 4 is 21.2 Å². The molecule has 0 saturated carbocycles. The molecule has 0 spiro atoms. The van der Waals surface area contributed by atoms with Gasteiger partial charge < -0.3 is 5.73 Å². The number of nitrogens with zero attached hydrogens (tertiary/aromatic N) is 1. The van der Waals surface area contributed by atoms with Gasteiger partial charge in [-0.25, -0.2) is 13.4 Å². The number of hydrogen-bond donors (Lipinski definition) is 1. The van der Waals surface area contributed by atoms with Crippen LogP contribution in [0.3, 0.4) is 0 Å². The van der Waals surface area contributed by atoms with E-state index in [0.29, 0.717) is 6.54 Å². The van der Waals surface area contributed by atoms with E-state index in [1.165, 1.54) is 11.3 Å². The van der Waals surface area contributed by atoms with Crippen molar-refractivity contribution in [3.05, 3.63) is 40.9 Å². The standard InChI is InChI=1S/C13H16N2O2S2/c1-2-19(16,17)9-10-4-3-5-11(6-10)13-15-12(7-14)8-18-13/h3-6,8H,2,7,9,14H2,1H3. The molecule has 0 aliphatic carbocycles. The van der Waals surface area contributed by atoms with Gasteiger partial charge in [0.25, 0.3) is 0 Å². The van der Waals surface area contributed by atoms with E-state index in [-0.39, 0.29) is 11.5 Å². The Morgan fingerprint density at radius 3 is 2.79 bits per heavy atom. The summed E-state index contributed by atoms with van der Waals surface area (Å²) in [5.74, 6) is 0.234. The lowest BCUT2D eigenvalue weighted by Gasteiger charge is -2.03. The third-order valence-electron chi connectivity index (χ3n) is 2.76. The summed E-state index contributed by atoms with van der Waals surface area (Å²) in [4.78, 5) is 4.40. The number of hydrogen-bond acceptors (Lipinski definition) is 5. The lowest BCUT2D eigenvalue weighted by Crippen LogP contribution is -2.06. The van der Waals surface area contributed by atoms with Crippen LogP contribution in [0.5, 0.6) is 0 Å². The van der Waals surface area contributed by atoms with E-state index in [1.807, 2.05) is 29.6 Å². The molecule has 2 N–H and O–H groups in total. The summed E-state index contributed by atoms with van der Waals surface area (Å²) in [6, 6.07) is 7.50. The number of benzene rings is 1. The minimum Gasteiger partial charge on any atom is -0.325 e. The Morgan fingerprint density at radius 1 is 1.37 bits per heavy atom. The molecular formula is C13H16N2O2S2. The average molecular weight is 296 g/mol. The zero-order valence-electron chi connectivity index (χ0n) is 10.7. The molecule has 1 heterocycles. The first-order valence-electron chi connectivity index (χ1n) is 5.98. The highest BCUT2D eigenvalue weighted by atomic mass is 32.2. The van der Waals surface area contributed by atoms with Gasteiger partial charge in [-0.2, -0.15) is 0 Å². The quantitative estimate of drug-likeness (QED) is 0.918. The van der Waals surface area contributed by atoms with Crippen LogP contribution in [0.4, 0.5) is 0 Å². The Hall–Kier alpha value is -1.24. The monoisotopic (exact) mass is 296 g/mol. The van der Waals surface area contributed by atoms with E-state index in [4.69, 9.17) is 5.73 Å². The van der Waals surface area contributed by atoms with Gasteiger partial charge in [-0.3, -0.25) is 0 Å². The summed E-state index contributed by atoms with van der Waals surface area (Å²) < 4.78 is 23.3. The average Bonchev–Trinajstić information content (AvgIpc) is 2.87. The lowest BCUT2D eigenvalue weighted by molar-refractivity contribution is 0.596. The SMILES string of the molecule is CCS(=O)(=O)Cc1cccc(-c2nc(CN)cs2)c1. The molecule has 102 valence electrons. The van der Waals surface area contributed by atoms with Crippen LogP contribution in [0.25, 0.3) is 10.6 Å². The lowest BCUT2D eigenvalue weighted by atomic mass is 10.1. The van der Waals surface area contributed by atoms with Crippen LogP contribution in [0.2, 0.25) is 0 Å². The van der Waals surface area contributed by atoms with E-state index >= 15 is 0 Å². The molecule has 0 aliphatic heterocycles. The smallest absolute Gasteiger partial charge is 0.154 e. The fraction of sp³-hybridized carbons (Fsp3) is 0.308. The van der Waals surface area contributed by atoms with Crippen LogP contribution in [-0.2, 0) is 22.1 Å². The van der Waals surface area contributed by atoms with E-state index in [9.17, 15) is 8.42 Å². The van der Waals surface area contributed by atoms with Crippen LogP contribution in [0, 0.1) is 0 Å². The summed E-state index contributed by atoms with van der Waals surface area (Å²) >= 11 is 1.52. The van der Waals surface area contributed by atoms with Crippen molar-refractivity contribution in [2.24, 2.45) is 5.73 Å². The second kappa shape index (κ2) is 5.81. The second-order valence-electron chi connectivity index (χ2n) is 4.23. The normalized spacial score (nSPS) is 11.7. The highest BCUT2D eigenvalue weighted by Crippen LogP contribution is 2.25. The van der Waals surface area contributed by atoms with Gasteiger partial charge in [0.2, 0.25) is 0 Å². The van der Waals surface area contributed by atoms with Crippen LogP contribution in [0.15, 0.2) is 29.6 Å². The van der Waals surface area contributed by atoms with E-state index in [2.05, 4.69) is 4.98 Å². The van der Waals surface area contributed by atoms with Gasteiger partial charge in [0, 0.05) is 23.2 Å². The molecule has 19 heavy (non-hydrogen) atoms. The Morgan fingerprint density at radius 2 is 2.16 bits per heavy atom. The fourth-order valence-corrected chi connectivity index (χ4v) is 3.40. The second-order valence-corrected chi connectivity index (χ2v) is 7.44. The van der Waals surface area contributed by atoms with Crippen molar-refractivity contribution in [3.8, 4) is 10.6 Å². The fourth-order valence-electron chi connectivity index (χ4n) is 1.68. The minimum atomic E-state index is -3.01. The molecule has 0 radical (unpaired) electrons. The Kier molecular flexibility index (Phi) is 4.34. The van der Waals surface area contributed by atoms with Crippen molar-refractivity contribution in [2.45, 2.75) is 19.2 Å². The molecule has 1 aromatic heterocycles. The maximum Gasteiger partial charge on any atom is 0.154 e. The summed E-state index contributed by atoms with van der Waals surface area (Å²) in [5, 5.41) is 2.79. The van der Waals surface area contributed by atoms with Crippen LogP contribution in [0.1, 0.15) is 18.2 Å². The maximum absolute atomic E-state index is 11.6. The zero-order chi connectivity index (χ0) is 13.9. The predicted octanol–water partition coefficient (Wildman–Crippen LogP) is 2.20. The van der Waals surface area contributed by atoms with Crippen molar-refractivity contribution in [1.82, 2.24) is 4.98 Å². The topological polar surface area (TPSA) is 73.0 Å². The van der Waals surface area contributed by atoms with Crippen LogP contribution in [-0.4, -0.2) is 19.2 Å². The third-order valence-corrected chi connectivity index (χ3v) is 5.35. The predicted molar refractivity (Wildman–Crippen MR) is 78.6 cm³/mol. The van der Waals surface area contributed by atoms with Gasteiger partial charge in [-0.1, -0.05) is 25.1 Å². The molecule has 0 unspecified atom stereocenters. The van der Waals surface area contributed by atoms with Gasteiger partial charge in [0.15, 0.2) is 9.84 Å². The molecule has 0 aliphatic rings. The number of rotatable bonds is 5. The Bertz CT molecular complexity index is 663. The van der Waals surface area contributed by atoms with E-state index in [0.717, 1.165) is 21.8 Å². The van der Waals surface area contributed by atoms with Gasteiger partial charge in [0.05, 0.1) is 11.4 Å². The molecule has 4 nitrogen and oxygen atoms in total. The first kappa shape index (κ1) is 14.2. The number of aromatic nitrogens is 1. The van der Waals surface area contributed by atoms with E-state index < -0.39 is 9.84 Å². The van der Waals surface area contributed by atoms with Crippen molar-refractivity contribution in [3.63, 3.8) is 0 Å². The summed E-state index contributed by atoms with van der Waals surface area (Å²) in [7, 11) is -3.01. The molecular weight excluding hydrogens is 280 g/mol. The third kappa shape index (κ3) is 3.62. The maximum atomic E-state index is 11.6. The number of sulfone groups is 1. The highest BCUT2D eigenvalue weighted by Gasteiger charge is 2.10. The molecule has 0 fully saturated rings. The summed E-state index contributed by atoms with van der Waals surface area (Å²) in [6.45, 7) is 2.08. The summed E-state index contributed by atoms with van der Waals surface area (Å²) in [5.41, 5.74) is 8.12. The first-order valence-corrected chi connectivity index (χ1v) is 8.68. The molecule has 0 amide bonds. The van der Waals surface area contributed by atoms with Gasteiger partial charge in [-0.15, -0.1) is 11.3 Å². The minimum absolute atomic E-state index is 0.0759. The van der Waals surface area contributed by atoms with Gasteiger partial charge in [0.1, 0.15) is 5.01 Å². The molecule has 0 saturated heterocycles. The number of nitrogens with two attached hydrogens (primary N) is 1. The largest absolute Gasteiger partial charge is 0.325 e. The Labute approximate surface area is 117 Å². The molecule has 1 aromatic carbocycles. The van der Waals surface area contributed by atoms with E-state index in [1.54, 1.807) is 6.92 Å². The highest BCUT2D eigenvalue weighted by molar-refractivity contribution is 7.90. The first-order chi connectivity index (χ1) is 9.04.